The molecule has 24 heavy (non-hydrogen) atoms. The summed E-state index contributed by atoms with van der Waals surface area (Å²) in [5, 5.41) is 3.63. The van der Waals surface area contributed by atoms with Crippen molar-refractivity contribution < 1.29 is 9.53 Å². The number of amides is 1. The van der Waals surface area contributed by atoms with Gasteiger partial charge < -0.3 is 10.1 Å². The van der Waals surface area contributed by atoms with Gasteiger partial charge in [-0.25, -0.2) is 0 Å². The summed E-state index contributed by atoms with van der Waals surface area (Å²) >= 11 is 7.57. The molecule has 0 aliphatic heterocycles. The Morgan fingerprint density at radius 1 is 1.21 bits per heavy atom. The highest BCUT2D eigenvalue weighted by Gasteiger charge is 2.08. The van der Waals surface area contributed by atoms with Crippen LogP contribution in [-0.4, -0.2) is 24.0 Å². The van der Waals surface area contributed by atoms with E-state index >= 15 is 0 Å². The van der Waals surface area contributed by atoms with Crippen LogP contribution < -0.4 is 10.1 Å². The predicted octanol–water partition coefficient (Wildman–Crippen LogP) is 4.96. The molecular formula is C19H22ClNO2S. The van der Waals surface area contributed by atoms with Gasteiger partial charge in [0.05, 0.1) is 17.4 Å². The van der Waals surface area contributed by atoms with Crippen LogP contribution in [0.4, 0.5) is 5.69 Å². The number of carbonyl (C=O) groups is 1. The summed E-state index contributed by atoms with van der Waals surface area (Å²) in [6.45, 7) is 4.62. The van der Waals surface area contributed by atoms with E-state index in [1.807, 2.05) is 43.3 Å². The van der Waals surface area contributed by atoms with Gasteiger partial charge in [-0.3, -0.25) is 4.79 Å². The van der Waals surface area contributed by atoms with Gasteiger partial charge in [0.15, 0.2) is 0 Å². The molecule has 2 aromatic rings. The number of hydrogen-bond donors (Lipinski definition) is 1. The van der Waals surface area contributed by atoms with Crippen LogP contribution in [0.5, 0.6) is 5.75 Å². The van der Waals surface area contributed by atoms with E-state index in [1.165, 1.54) is 0 Å². The number of ether oxygens (including phenoxy) is 1. The zero-order valence-corrected chi connectivity index (χ0v) is 15.5. The number of para-hydroxylation sites is 2. The lowest BCUT2D eigenvalue weighted by Crippen LogP contribution is -2.17. The SMILES string of the molecule is CCc1cccc(C)c1NC(=O)CSCCOc1ccccc1Cl. The zero-order valence-electron chi connectivity index (χ0n) is 14.0. The van der Waals surface area contributed by atoms with Crippen LogP contribution in [-0.2, 0) is 11.2 Å². The molecule has 5 heteroatoms. The Kier molecular flexibility index (Phi) is 7.47. The summed E-state index contributed by atoms with van der Waals surface area (Å²) in [4.78, 5) is 12.1. The van der Waals surface area contributed by atoms with E-state index in [4.69, 9.17) is 16.3 Å². The number of halogens is 1. The quantitative estimate of drug-likeness (QED) is 0.673. The maximum absolute atomic E-state index is 12.1. The molecule has 0 fully saturated rings. The van der Waals surface area contributed by atoms with Gasteiger partial charge in [-0.05, 0) is 36.6 Å². The van der Waals surface area contributed by atoms with E-state index in [0.29, 0.717) is 23.1 Å². The lowest BCUT2D eigenvalue weighted by Gasteiger charge is -2.13. The van der Waals surface area contributed by atoms with Crippen molar-refractivity contribution in [2.24, 2.45) is 0 Å². The summed E-state index contributed by atoms with van der Waals surface area (Å²) in [5.41, 5.74) is 3.20. The van der Waals surface area contributed by atoms with Crippen molar-refractivity contribution in [1.82, 2.24) is 0 Å². The third kappa shape index (κ3) is 5.46. The molecule has 2 aromatic carbocycles. The van der Waals surface area contributed by atoms with Gasteiger partial charge >= 0.3 is 0 Å². The van der Waals surface area contributed by atoms with E-state index < -0.39 is 0 Å². The van der Waals surface area contributed by atoms with E-state index in [-0.39, 0.29) is 5.91 Å². The summed E-state index contributed by atoms with van der Waals surface area (Å²) in [5.74, 6) is 1.83. The molecule has 0 heterocycles. The van der Waals surface area contributed by atoms with Crippen molar-refractivity contribution in [3.05, 3.63) is 58.6 Å². The third-order valence-electron chi connectivity index (χ3n) is 3.56. The van der Waals surface area contributed by atoms with Gasteiger partial charge in [-0.15, -0.1) is 11.8 Å². The Hall–Kier alpha value is -1.65. The third-order valence-corrected chi connectivity index (χ3v) is 4.79. The molecule has 0 saturated carbocycles. The second-order valence-electron chi connectivity index (χ2n) is 5.34. The first-order chi connectivity index (χ1) is 11.6. The Morgan fingerprint density at radius 2 is 2.00 bits per heavy atom. The minimum atomic E-state index is 0.0155. The van der Waals surface area contributed by atoms with E-state index in [9.17, 15) is 4.79 Å². The highest BCUT2D eigenvalue weighted by molar-refractivity contribution is 7.99. The number of aryl methyl sites for hydroxylation is 2. The minimum Gasteiger partial charge on any atom is -0.491 e. The number of carbonyl (C=O) groups excluding carboxylic acids is 1. The lowest BCUT2D eigenvalue weighted by atomic mass is 10.1. The van der Waals surface area contributed by atoms with Gasteiger partial charge in [0.1, 0.15) is 5.75 Å². The molecule has 128 valence electrons. The van der Waals surface area contributed by atoms with Crippen LogP contribution in [0.2, 0.25) is 5.02 Å². The van der Waals surface area contributed by atoms with E-state index in [0.717, 1.165) is 29.0 Å². The molecule has 0 spiro atoms. The Bertz CT molecular complexity index is 691. The largest absolute Gasteiger partial charge is 0.491 e. The van der Waals surface area contributed by atoms with Gasteiger partial charge in [-0.1, -0.05) is 48.9 Å². The predicted molar refractivity (Wildman–Crippen MR) is 103 cm³/mol. The molecule has 0 saturated heterocycles. The van der Waals surface area contributed by atoms with Crippen LogP contribution in [0.15, 0.2) is 42.5 Å². The summed E-state index contributed by atoms with van der Waals surface area (Å²) in [7, 11) is 0. The second-order valence-corrected chi connectivity index (χ2v) is 6.85. The Morgan fingerprint density at radius 3 is 2.75 bits per heavy atom. The smallest absolute Gasteiger partial charge is 0.234 e. The number of nitrogens with one attached hydrogen (secondary N) is 1. The van der Waals surface area contributed by atoms with Crippen molar-refractivity contribution in [2.45, 2.75) is 20.3 Å². The molecule has 3 nitrogen and oxygen atoms in total. The summed E-state index contributed by atoms with van der Waals surface area (Å²) in [6, 6.07) is 13.5. The molecule has 0 bridgehead atoms. The van der Waals surface area contributed by atoms with Gasteiger partial charge in [-0.2, -0.15) is 0 Å². The molecule has 1 amide bonds. The monoisotopic (exact) mass is 363 g/mol. The Labute approximate surface area is 152 Å². The molecular weight excluding hydrogens is 342 g/mol. The molecule has 0 radical (unpaired) electrons. The van der Waals surface area contributed by atoms with Crippen molar-refractivity contribution in [2.75, 3.05) is 23.4 Å². The van der Waals surface area contributed by atoms with Gasteiger partial charge in [0, 0.05) is 11.4 Å². The van der Waals surface area contributed by atoms with E-state index in [2.05, 4.69) is 12.2 Å². The average molecular weight is 364 g/mol. The fourth-order valence-electron chi connectivity index (χ4n) is 2.31. The first-order valence-electron chi connectivity index (χ1n) is 7.95. The average Bonchev–Trinajstić information content (AvgIpc) is 2.58. The summed E-state index contributed by atoms with van der Waals surface area (Å²) in [6.07, 6.45) is 0.899. The van der Waals surface area contributed by atoms with Crippen LogP contribution >= 0.6 is 23.4 Å². The standard InChI is InChI=1S/C19H22ClNO2S/c1-3-15-8-6-7-14(2)19(15)21-18(22)13-24-12-11-23-17-10-5-4-9-16(17)20/h4-10H,3,11-13H2,1-2H3,(H,21,22). The molecule has 0 aliphatic carbocycles. The van der Waals surface area contributed by atoms with Gasteiger partial charge in [0.25, 0.3) is 0 Å². The van der Waals surface area contributed by atoms with Crippen molar-refractivity contribution >= 4 is 35.0 Å². The second kappa shape index (κ2) is 9.60. The highest BCUT2D eigenvalue weighted by atomic mass is 35.5. The Balaban J connectivity index is 1.73. The maximum Gasteiger partial charge on any atom is 0.234 e. The number of benzene rings is 2. The fourth-order valence-corrected chi connectivity index (χ4v) is 3.11. The normalized spacial score (nSPS) is 10.5. The maximum atomic E-state index is 12.1. The van der Waals surface area contributed by atoms with Crippen LogP contribution in [0.1, 0.15) is 18.1 Å². The van der Waals surface area contributed by atoms with Crippen molar-refractivity contribution in [1.29, 1.82) is 0 Å². The first kappa shape index (κ1) is 18.7. The van der Waals surface area contributed by atoms with Crippen molar-refractivity contribution in [3.63, 3.8) is 0 Å². The van der Waals surface area contributed by atoms with Gasteiger partial charge in [0.2, 0.25) is 5.91 Å². The molecule has 0 atom stereocenters. The molecule has 0 aliphatic rings. The number of anilines is 1. The number of thioether (sulfide) groups is 1. The minimum absolute atomic E-state index is 0.0155. The zero-order chi connectivity index (χ0) is 17.4. The van der Waals surface area contributed by atoms with Crippen molar-refractivity contribution in [3.8, 4) is 5.75 Å². The number of rotatable bonds is 8. The first-order valence-corrected chi connectivity index (χ1v) is 9.48. The fraction of sp³-hybridized carbons (Fsp3) is 0.316. The molecule has 0 aromatic heterocycles. The number of hydrogen-bond acceptors (Lipinski definition) is 3. The topological polar surface area (TPSA) is 38.3 Å². The molecule has 2 rings (SSSR count). The lowest BCUT2D eigenvalue weighted by molar-refractivity contribution is -0.113. The van der Waals surface area contributed by atoms with Crippen LogP contribution in [0.25, 0.3) is 0 Å². The summed E-state index contributed by atoms with van der Waals surface area (Å²) < 4.78 is 5.61. The molecule has 1 N–H and O–H groups in total. The van der Waals surface area contributed by atoms with Crippen LogP contribution in [0, 0.1) is 6.92 Å². The molecule has 0 unspecified atom stereocenters. The van der Waals surface area contributed by atoms with Crippen LogP contribution in [0.3, 0.4) is 0 Å². The van der Waals surface area contributed by atoms with E-state index in [1.54, 1.807) is 17.8 Å². The highest BCUT2D eigenvalue weighted by Crippen LogP contribution is 2.23.